The number of hydrogen-bond donors (Lipinski definition) is 1. The fourth-order valence-corrected chi connectivity index (χ4v) is 3.49. The molecular weight excluding hydrogens is 356 g/mol. The Hall–Kier alpha value is -3.02. The van der Waals surface area contributed by atoms with Gasteiger partial charge in [-0.25, -0.2) is 0 Å². The smallest absolute Gasteiger partial charge is 0.255 e. The number of amides is 2. The molecule has 6 heteroatoms. The van der Waals surface area contributed by atoms with E-state index in [-0.39, 0.29) is 17.7 Å². The number of ether oxygens (including phenoxy) is 2. The second-order valence-electron chi connectivity index (χ2n) is 7.29. The van der Waals surface area contributed by atoms with Gasteiger partial charge in [-0.1, -0.05) is 32.0 Å². The quantitative estimate of drug-likeness (QED) is 0.793. The van der Waals surface area contributed by atoms with Crippen molar-refractivity contribution in [1.29, 1.82) is 0 Å². The van der Waals surface area contributed by atoms with Gasteiger partial charge >= 0.3 is 0 Å². The van der Waals surface area contributed by atoms with E-state index < -0.39 is 6.04 Å². The first-order chi connectivity index (χ1) is 13.4. The second-order valence-corrected chi connectivity index (χ2v) is 7.29. The highest BCUT2D eigenvalue weighted by Gasteiger charge is 2.36. The van der Waals surface area contributed by atoms with Crippen LogP contribution in [0, 0.1) is 5.92 Å². The van der Waals surface area contributed by atoms with Crippen molar-refractivity contribution in [2.45, 2.75) is 32.9 Å². The molecule has 0 saturated carbocycles. The molecule has 1 aliphatic heterocycles. The lowest BCUT2D eigenvalue weighted by molar-refractivity contribution is -0.121. The van der Waals surface area contributed by atoms with Crippen LogP contribution in [0.15, 0.2) is 42.5 Å². The minimum atomic E-state index is -0.548. The van der Waals surface area contributed by atoms with E-state index in [0.29, 0.717) is 35.7 Å². The van der Waals surface area contributed by atoms with Crippen LogP contribution in [-0.4, -0.2) is 37.0 Å². The normalized spacial score (nSPS) is 14.0. The van der Waals surface area contributed by atoms with E-state index in [1.807, 2.05) is 38.1 Å². The highest BCUT2D eigenvalue weighted by Crippen LogP contribution is 2.31. The number of anilines is 1. The average molecular weight is 382 g/mol. The highest BCUT2D eigenvalue weighted by atomic mass is 16.5. The van der Waals surface area contributed by atoms with Gasteiger partial charge in [-0.3, -0.25) is 9.59 Å². The Labute approximate surface area is 165 Å². The highest BCUT2D eigenvalue weighted by molar-refractivity contribution is 6.03. The molecule has 2 amide bonds. The maximum Gasteiger partial charge on any atom is 0.255 e. The van der Waals surface area contributed by atoms with Crippen LogP contribution in [0.1, 0.15) is 36.2 Å². The molecule has 28 heavy (non-hydrogen) atoms. The van der Waals surface area contributed by atoms with Gasteiger partial charge in [0, 0.05) is 23.9 Å². The Morgan fingerprint density at radius 3 is 2.46 bits per heavy atom. The summed E-state index contributed by atoms with van der Waals surface area (Å²) in [4.78, 5) is 27.6. The number of carbonyl (C=O) groups is 2. The van der Waals surface area contributed by atoms with Crippen molar-refractivity contribution in [1.82, 2.24) is 4.90 Å². The Morgan fingerprint density at radius 2 is 1.82 bits per heavy atom. The van der Waals surface area contributed by atoms with Gasteiger partial charge < -0.3 is 19.7 Å². The summed E-state index contributed by atoms with van der Waals surface area (Å²) in [5.74, 6) is 1.08. The number of rotatable bonds is 7. The van der Waals surface area contributed by atoms with Crippen LogP contribution in [0.2, 0.25) is 0 Å². The van der Waals surface area contributed by atoms with Crippen LogP contribution in [0.4, 0.5) is 5.69 Å². The van der Waals surface area contributed by atoms with Crippen molar-refractivity contribution < 1.29 is 19.1 Å². The zero-order valence-corrected chi connectivity index (χ0v) is 16.7. The molecule has 0 aliphatic carbocycles. The van der Waals surface area contributed by atoms with Gasteiger partial charge in [0.25, 0.3) is 5.91 Å². The lowest BCUT2D eigenvalue weighted by atomic mass is 10.0. The first-order valence-electron chi connectivity index (χ1n) is 9.36. The summed E-state index contributed by atoms with van der Waals surface area (Å²) in [6.45, 7) is 4.54. The van der Waals surface area contributed by atoms with Gasteiger partial charge in [-0.05, 0) is 36.1 Å². The number of carbonyl (C=O) groups excluding carboxylic acids is 2. The fraction of sp³-hybridized carbons (Fsp3) is 0.364. The van der Waals surface area contributed by atoms with Crippen molar-refractivity contribution >= 4 is 17.5 Å². The van der Waals surface area contributed by atoms with Crippen LogP contribution in [0.3, 0.4) is 0 Å². The summed E-state index contributed by atoms with van der Waals surface area (Å²) >= 11 is 0. The van der Waals surface area contributed by atoms with E-state index in [2.05, 4.69) is 5.32 Å². The summed E-state index contributed by atoms with van der Waals surface area (Å²) in [5, 5.41) is 2.93. The predicted octanol–water partition coefficient (Wildman–Crippen LogP) is 3.71. The van der Waals surface area contributed by atoms with Crippen molar-refractivity contribution in [2.24, 2.45) is 5.92 Å². The van der Waals surface area contributed by atoms with Crippen LogP contribution < -0.4 is 14.8 Å². The lowest BCUT2D eigenvalue weighted by Gasteiger charge is -2.28. The maximum atomic E-state index is 13.1. The fourth-order valence-electron chi connectivity index (χ4n) is 3.49. The summed E-state index contributed by atoms with van der Waals surface area (Å²) in [7, 11) is 3.11. The van der Waals surface area contributed by atoms with Crippen molar-refractivity contribution in [3.8, 4) is 11.5 Å². The van der Waals surface area contributed by atoms with E-state index in [9.17, 15) is 9.59 Å². The molecule has 0 radical (unpaired) electrons. The SMILES string of the molecule is COc1ccc(NC(=O)[C@H](CC(C)C)N2Cc3ccccc3C2=O)cc1OC. The molecule has 148 valence electrons. The molecule has 1 atom stereocenters. The third kappa shape index (κ3) is 3.96. The van der Waals surface area contributed by atoms with Crippen LogP contribution in [0.5, 0.6) is 11.5 Å². The van der Waals surface area contributed by atoms with E-state index in [1.54, 1.807) is 37.3 Å². The molecule has 2 aromatic carbocycles. The van der Waals surface area contributed by atoms with Crippen molar-refractivity contribution in [2.75, 3.05) is 19.5 Å². The van der Waals surface area contributed by atoms with Crippen LogP contribution in [-0.2, 0) is 11.3 Å². The Bertz CT molecular complexity index is 879. The zero-order chi connectivity index (χ0) is 20.3. The van der Waals surface area contributed by atoms with E-state index in [4.69, 9.17) is 9.47 Å². The molecule has 0 fully saturated rings. The maximum absolute atomic E-state index is 13.1. The average Bonchev–Trinajstić information content (AvgIpc) is 3.02. The third-order valence-corrected chi connectivity index (χ3v) is 4.87. The Kier molecular flexibility index (Phi) is 5.87. The molecule has 0 unspecified atom stereocenters. The summed E-state index contributed by atoms with van der Waals surface area (Å²) in [6.07, 6.45) is 0.582. The Balaban J connectivity index is 1.83. The summed E-state index contributed by atoms with van der Waals surface area (Å²) < 4.78 is 10.5. The molecule has 1 aliphatic rings. The van der Waals surface area contributed by atoms with Gasteiger partial charge in [-0.2, -0.15) is 0 Å². The number of nitrogens with zero attached hydrogens (tertiary/aromatic N) is 1. The van der Waals surface area contributed by atoms with Crippen molar-refractivity contribution in [3.05, 3.63) is 53.6 Å². The lowest BCUT2D eigenvalue weighted by Crippen LogP contribution is -2.45. The van der Waals surface area contributed by atoms with E-state index in [1.165, 1.54) is 0 Å². The van der Waals surface area contributed by atoms with Gasteiger partial charge in [0.05, 0.1) is 14.2 Å². The van der Waals surface area contributed by atoms with Gasteiger partial charge in [0.15, 0.2) is 11.5 Å². The third-order valence-electron chi connectivity index (χ3n) is 4.87. The molecule has 1 heterocycles. The second kappa shape index (κ2) is 8.33. The van der Waals surface area contributed by atoms with Gasteiger partial charge in [0.2, 0.25) is 5.91 Å². The number of hydrogen-bond acceptors (Lipinski definition) is 4. The van der Waals surface area contributed by atoms with Gasteiger partial charge in [-0.15, -0.1) is 0 Å². The number of nitrogens with one attached hydrogen (secondary N) is 1. The number of methoxy groups -OCH3 is 2. The molecule has 2 aromatic rings. The molecule has 0 bridgehead atoms. The molecule has 1 N–H and O–H groups in total. The van der Waals surface area contributed by atoms with E-state index in [0.717, 1.165) is 5.56 Å². The first-order valence-corrected chi connectivity index (χ1v) is 9.36. The first kappa shape index (κ1) is 19.7. The minimum absolute atomic E-state index is 0.0938. The summed E-state index contributed by atoms with van der Waals surface area (Å²) in [6, 6.07) is 12.2. The molecular formula is C22H26N2O4. The predicted molar refractivity (Wildman–Crippen MR) is 108 cm³/mol. The Morgan fingerprint density at radius 1 is 1.11 bits per heavy atom. The van der Waals surface area contributed by atoms with Crippen LogP contribution in [0.25, 0.3) is 0 Å². The molecule has 0 aromatic heterocycles. The topological polar surface area (TPSA) is 67.9 Å². The molecule has 6 nitrogen and oxygen atoms in total. The largest absolute Gasteiger partial charge is 0.493 e. The number of benzene rings is 2. The monoisotopic (exact) mass is 382 g/mol. The number of fused-ring (bicyclic) bond motifs is 1. The standard InChI is InChI=1S/C22H26N2O4/c1-14(2)11-18(24-13-15-7-5-6-8-17(15)22(24)26)21(25)23-16-9-10-19(27-3)20(12-16)28-4/h5-10,12,14,18H,11,13H2,1-4H3,(H,23,25)/t18-/m0/s1. The molecule has 0 saturated heterocycles. The van der Waals surface area contributed by atoms with Gasteiger partial charge in [0.1, 0.15) is 6.04 Å². The van der Waals surface area contributed by atoms with Crippen molar-refractivity contribution in [3.63, 3.8) is 0 Å². The minimum Gasteiger partial charge on any atom is -0.493 e. The van der Waals surface area contributed by atoms with Crippen LogP contribution >= 0.6 is 0 Å². The summed E-state index contributed by atoms with van der Waals surface area (Å²) in [5.41, 5.74) is 2.23. The van der Waals surface area contributed by atoms with E-state index >= 15 is 0 Å². The zero-order valence-electron chi connectivity index (χ0n) is 16.7. The molecule has 0 spiro atoms. The molecule has 3 rings (SSSR count).